The molecule has 1 aliphatic rings. The molecule has 0 bridgehead atoms. The van der Waals surface area contributed by atoms with Crippen molar-refractivity contribution in [3.05, 3.63) is 11.4 Å². The molecule has 1 unspecified atom stereocenters. The molecule has 1 aliphatic heterocycles. The van der Waals surface area contributed by atoms with Gasteiger partial charge in [0.2, 0.25) is 6.42 Å². The van der Waals surface area contributed by atoms with Crippen LogP contribution in [0.5, 0.6) is 0 Å². The first-order valence-electron chi connectivity index (χ1n) is 4.27. The van der Waals surface area contributed by atoms with Gasteiger partial charge >= 0.3 is 0 Å². The molecule has 0 spiro atoms. The summed E-state index contributed by atoms with van der Waals surface area (Å²) < 4.78 is 13.4. The zero-order chi connectivity index (χ0) is 9.46. The van der Waals surface area contributed by atoms with Crippen LogP contribution in [0.4, 0.5) is 4.39 Å². The van der Waals surface area contributed by atoms with Crippen molar-refractivity contribution in [1.82, 2.24) is 9.80 Å². The van der Waals surface area contributed by atoms with Gasteiger partial charge in [-0.1, -0.05) is 13.8 Å². The highest BCUT2D eigenvalue weighted by Gasteiger charge is 2.31. The van der Waals surface area contributed by atoms with Crippen molar-refractivity contribution in [2.75, 3.05) is 14.1 Å². The van der Waals surface area contributed by atoms with Crippen LogP contribution in [-0.4, -0.2) is 30.3 Å². The molecule has 70 valence electrons. The van der Waals surface area contributed by atoms with E-state index in [0.29, 0.717) is 5.92 Å². The molecule has 0 saturated heterocycles. The molecule has 12 heavy (non-hydrogen) atoms. The minimum atomic E-state index is -0.984. The monoisotopic (exact) mass is 172 g/mol. The third kappa shape index (κ3) is 1.17. The van der Waals surface area contributed by atoms with E-state index in [2.05, 4.69) is 13.8 Å². The van der Waals surface area contributed by atoms with E-state index in [-0.39, 0.29) is 0 Å². The van der Waals surface area contributed by atoms with Crippen LogP contribution in [-0.2, 0) is 0 Å². The summed E-state index contributed by atoms with van der Waals surface area (Å²) in [5.74, 6) is 0.387. The number of hydrogen-bond donors (Lipinski definition) is 0. The predicted octanol–water partition coefficient (Wildman–Crippen LogP) is 2.00. The summed E-state index contributed by atoms with van der Waals surface area (Å²) in [4.78, 5) is 3.36. The molecule has 2 nitrogen and oxygen atoms in total. The minimum Gasteiger partial charge on any atom is -0.330 e. The van der Waals surface area contributed by atoms with E-state index < -0.39 is 6.42 Å². The van der Waals surface area contributed by atoms with E-state index >= 15 is 0 Å². The standard InChI is InChI=1S/C9H17FN2/c1-6(2)8-7(3)11(4)9(10)12(8)5/h6,9H,1-5H3. The third-order valence-electron chi connectivity index (χ3n) is 2.47. The summed E-state index contributed by atoms with van der Waals surface area (Å²) in [7, 11) is 3.58. The van der Waals surface area contributed by atoms with Crippen LogP contribution >= 0.6 is 0 Å². The van der Waals surface area contributed by atoms with Crippen LogP contribution in [0.2, 0.25) is 0 Å². The molecule has 1 atom stereocenters. The molecule has 0 aromatic carbocycles. The Labute approximate surface area is 73.6 Å². The molecule has 0 saturated carbocycles. The number of allylic oxidation sites excluding steroid dienone is 2. The Hall–Kier alpha value is -0.730. The summed E-state index contributed by atoms with van der Waals surface area (Å²) in [5.41, 5.74) is 2.14. The lowest BCUT2D eigenvalue weighted by Crippen LogP contribution is -2.32. The van der Waals surface area contributed by atoms with Gasteiger partial charge in [0.1, 0.15) is 0 Å². The summed E-state index contributed by atoms with van der Waals surface area (Å²) in [6, 6.07) is 0. The minimum absolute atomic E-state index is 0.387. The molecular formula is C9H17FN2. The van der Waals surface area contributed by atoms with Crippen molar-refractivity contribution in [2.24, 2.45) is 5.92 Å². The SMILES string of the molecule is CC1=C(C(C)C)N(C)C(F)N1C. The smallest absolute Gasteiger partial charge is 0.249 e. The predicted molar refractivity (Wildman–Crippen MR) is 48.0 cm³/mol. The van der Waals surface area contributed by atoms with E-state index in [1.807, 2.05) is 6.92 Å². The number of halogens is 1. The molecule has 0 fully saturated rings. The first-order chi connectivity index (χ1) is 5.46. The van der Waals surface area contributed by atoms with Crippen molar-refractivity contribution < 1.29 is 4.39 Å². The molecular weight excluding hydrogens is 155 g/mol. The van der Waals surface area contributed by atoms with Gasteiger partial charge in [-0.15, -0.1) is 0 Å². The average molecular weight is 172 g/mol. The normalized spacial score (nSPS) is 24.8. The van der Waals surface area contributed by atoms with Gasteiger partial charge in [0.05, 0.1) is 0 Å². The fourth-order valence-electron chi connectivity index (χ4n) is 1.80. The Morgan fingerprint density at radius 2 is 1.75 bits per heavy atom. The maximum absolute atomic E-state index is 13.4. The number of rotatable bonds is 1. The van der Waals surface area contributed by atoms with Gasteiger partial charge in [0, 0.05) is 25.5 Å². The second-order valence-corrected chi connectivity index (χ2v) is 3.66. The molecule has 0 aliphatic carbocycles. The van der Waals surface area contributed by atoms with Gasteiger partial charge in [-0.2, -0.15) is 4.39 Å². The molecule has 1 heterocycles. The maximum atomic E-state index is 13.4. The Morgan fingerprint density at radius 1 is 1.25 bits per heavy atom. The maximum Gasteiger partial charge on any atom is 0.249 e. The first-order valence-corrected chi connectivity index (χ1v) is 4.27. The fourth-order valence-corrected chi connectivity index (χ4v) is 1.80. The average Bonchev–Trinajstić information content (AvgIpc) is 2.16. The second-order valence-electron chi connectivity index (χ2n) is 3.66. The summed E-state index contributed by atoms with van der Waals surface area (Å²) in [6.07, 6.45) is -0.984. The number of hydrogen-bond acceptors (Lipinski definition) is 2. The van der Waals surface area contributed by atoms with Gasteiger partial charge in [0.15, 0.2) is 0 Å². The Morgan fingerprint density at radius 3 is 1.92 bits per heavy atom. The molecule has 0 N–H and O–H groups in total. The summed E-state index contributed by atoms with van der Waals surface area (Å²) in [6.45, 7) is 6.13. The lowest BCUT2D eigenvalue weighted by molar-refractivity contribution is 0.0479. The first kappa shape index (κ1) is 9.36. The Balaban J connectivity index is 2.96. The van der Waals surface area contributed by atoms with E-state index in [0.717, 1.165) is 11.4 Å². The molecule has 0 radical (unpaired) electrons. The Bertz CT molecular complexity index is 211. The Kier molecular flexibility index (Phi) is 2.31. The van der Waals surface area contributed by atoms with Gasteiger partial charge in [0.25, 0.3) is 0 Å². The molecule has 3 heteroatoms. The quantitative estimate of drug-likeness (QED) is 0.558. The highest BCUT2D eigenvalue weighted by atomic mass is 19.1. The van der Waals surface area contributed by atoms with Gasteiger partial charge in [-0.3, -0.25) is 0 Å². The highest BCUT2D eigenvalue weighted by molar-refractivity contribution is 5.17. The summed E-state index contributed by atoms with van der Waals surface area (Å²) >= 11 is 0. The van der Waals surface area contributed by atoms with E-state index in [9.17, 15) is 4.39 Å². The largest absolute Gasteiger partial charge is 0.330 e. The molecule has 0 amide bonds. The number of nitrogens with zero attached hydrogens (tertiary/aromatic N) is 2. The summed E-state index contributed by atoms with van der Waals surface area (Å²) in [5, 5.41) is 0. The van der Waals surface area contributed by atoms with E-state index in [1.165, 1.54) is 0 Å². The van der Waals surface area contributed by atoms with Crippen molar-refractivity contribution in [2.45, 2.75) is 27.2 Å². The highest BCUT2D eigenvalue weighted by Crippen LogP contribution is 2.31. The van der Waals surface area contributed by atoms with Gasteiger partial charge < -0.3 is 9.80 Å². The third-order valence-corrected chi connectivity index (χ3v) is 2.47. The van der Waals surface area contributed by atoms with E-state index in [1.54, 1.807) is 23.9 Å². The van der Waals surface area contributed by atoms with Crippen molar-refractivity contribution in [3.63, 3.8) is 0 Å². The van der Waals surface area contributed by atoms with Crippen LogP contribution in [0.15, 0.2) is 11.4 Å². The topological polar surface area (TPSA) is 6.48 Å². The number of alkyl halides is 1. The molecule has 0 aromatic rings. The molecule has 0 aromatic heterocycles. The lowest BCUT2D eigenvalue weighted by atomic mass is 10.1. The fraction of sp³-hybridized carbons (Fsp3) is 0.778. The zero-order valence-electron chi connectivity index (χ0n) is 8.43. The van der Waals surface area contributed by atoms with Crippen LogP contribution in [0.1, 0.15) is 20.8 Å². The van der Waals surface area contributed by atoms with Crippen LogP contribution < -0.4 is 0 Å². The van der Waals surface area contributed by atoms with Crippen LogP contribution in [0, 0.1) is 5.92 Å². The van der Waals surface area contributed by atoms with Crippen LogP contribution in [0.3, 0.4) is 0 Å². The molecule has 1 rings (SSSR count). The zero-order valence-corrected chi connectivity index (χ0v) is 8.43. The van der Waals surface area contributed by atoms with Crippen LogP contribution in [0.25, 0.3) is 0 Å². The second kappa shape index (κ2) is 2.96. The van der Waals surface area contributed by atoms with Crippen molar-refractivity contribution >= 4 is 0 Å². The van der Waals surface area contributed by atoms with Gasteiger partial charge in [-0.05, 0) is 12.8 Å². The van der Waals surface area contributed by atoms with Crippen molar-refractivity contribution in [3.8, 4) is 0 Å². The van der Waals surface area contributed by atoms with Gasteiger partial charge in [-0.25, -0.2) is 0 Å². The van der Waals surface area contributed by atoms with Crippen molar-refractivity contribution in [1.29, 1.82) is 0 Å². The van der Waals surface area contributed by atoms with E-state index in [4.69, 9.17) is 0 Å². The lowest BCUT2D eigenvalue weighted by Gasteiger charge is -2.23.